The molecule has 1 heterocycles. The highest BCUT2D eigenvalue weighted by Crippen LogP contribution is 2.28. The number of carbonyl (C=O) groups excluding carboxylic acids is 1. The Kier molecular flexibility index (Phi) is 5.26. The van der Waals surface area contributed by atoms with E-state index in [9.17, 15) is 9.18 Å². The predicted molar refractivity (Wildman–Crippen MR) is 94.1 cm³/mol. The Morgan fingerprint density at radius 2 is 1.83 bits per heavy atom. The summed E-state index contributed by atoms with van der Waals surface area (Å²) in [4.78, 5) is 14.9. The lowest BCUT2D eigenvalue weighted by molar-refractivity contribution is 0.0670. The van der Waals surface area contributed by atoms with Gasteiger partial charge in [-0.2, -0.15) is 0 Å². The van der Waals surface area contributed by atoms with Crippen molar-refractivity contribution in [2.75, 3.05) is 19.6 Å². The molecule has 0 aromatic heterocycles. The van der Waals surface area contributed by atoms with Crippen molar-refractivity contribution in [2.45, 2.75) is 19.3 Å². The molecule has 1 unspecified atom stereocenters. The Morgan fingerprint density at radius 1 is 1.12 bits per heavy atom. The van der Waals surface area contributed by atoms with Crippen molar-refractivity contribution in [2.24, 2.45) is 11.7 Å². The zero-order valence-electron chi connectivity index (χ0n) is 13.7. The van der Waals surface area contributed by atoms with Gasteiger partial charge in [0, 0.05) is 24.2 Å². The summed E-state index contributed by atoms with van der Waals surface area (Å²) < 4.78 is 14.2. The molecule has 0 bridgehead atoms. The van der Waals surface area contributed by atoms with Gasteiger partial charge in [0.15, 0.2) is 0 Å². The highest BCUT2D eigenvalue weighted by molar-refractivity contribution is 6.01. The van der Waals surface area contributed by atoms with Gasteiger partial charge in [-0.3, -0.25) is 4.79 Å². The number of amides is 1. The molecule has 1 saturated heterocycles. The molecule has 0 saturated carbocycles. The molecule has 3 rings (SSSR count). The Balaban J connectivity index is 1.90. The van der Waals surface area contributed by atoms with Crippen LogP contribution in [-0.2, 0) is 0 Å². The summed E-state index contributed by atoms with van der Waals surface area (Å²) in [6, 6.07) is 13.9. The van der Waals surface area contributed by atoms with E-state index in [0.717, 1.165) is 32.4 Å². The minimum Gasteiger partial charge on any atom is -0.338 e. The van der Waals surface area contributed by atoms with Crippen LogP contribution < -0.4 is 5.73 Å². The molecule has 1 aliphatic heterocycles. The summed E-state index contributed by atoms with van der Waals surface area (Å²) in [7, 11) is 0. The standard InChI is InChI=1S/C20H23FN2O/c21-19-10-4-3-8-17(19)16-7-1-2-9-18(16)20(24)23-13-5-6-15(14-23)11-12-22/h1-4,7-10,15H,5-6,11-14,22H2. The van der Waals surface area contributed by atoms with E-state index in [1.54, 1.807) is 24.3 Å². The van der Waals surface area contributed by atoms with Crippen LogP contribution in [0.4, 0.5) is 4.39 Å². The largest absolute Gasteiger partial charge is 0.338 e. The lowest BCUT2D eigenvalue weighted by Crippen LogP contribution is -2.40. The summed E-state index contributed by atoms with van der Waals surface area (Å²) in [6.45, 7) is 2.14. The average molecular weight is 326 g/mol. The smallest absolute Gasteiger partial charge is 0.254 e. The van der Waals surface area contributed by atoms with Crippen molar-refractivity contribution in [3.05, 3.63) is 59.9 Å². The van der Waals surface area contributed by atoms with Crippen LogP contribution in [0.3, 0.4) is 0 Å². The molecule has 0 radical (unpaired) electrons. The first-order valence-corrected chi connectivity index (χ1v) is 8.54. The summed E-state index contributed by atoms with van der Waals surface area (Å²) in [6.07, 6.45) is 3.06. The zero-order valence-corrected chi connectivity index (χ0v) is 13.7. The first-order chi connectivity index (χ1) is 11.7. The molecule has 24 heavy (non-hydrogen) atoms. The number of halogens is 1. The van der Waals surface area contributed by atoms with Crippen LogP contribution in [0.5, 0.6) is 0 Å². The van der Waals surface area contributed by atoms with E-state index >= 15 is 0 Å². The highest BCUT2D eigenvalue weighted by Gasteiger charge is 2.26. The van der Waals surface area contributed by atoms with Crippen molar-refractivity contribution in [1.29, 1.82) is 0 Å². The minimum atomic E-state index is -0.308. The van der Waals surface area contributed by atoms with Gasteiger partial charge in [0.2, 0.25) is 0 Å². The molecule has 3 nitrogen and oxygen atoms in total. The molecule has 0 aliphatic carbocycles. The quantitative estimate of drug-likeness (QED) is 0.931. The molecule has 0 spiro atoms. The lowest BCUT2D eigenvalue weighted by Gasteiger charge is -2.33. The molecule has 2 aromatic rings. The maximum Gasteiger partial charge on any atom is 0.254 e. The first kappa shape index (κ1) is 16.7. The molecular weight excluding hydrogens is 303 g/mol. The average Bonchev–Trinajstić information content (AvgIpc) is 2.62. The van der Waals surface area contributed by atoms with E-state index in [2.05, 4.69) is 0 Å². The maximum absolute atomic E-state index is 14.2. The van der Waals surface area contributed by atoms with Crippen molar-refractivity contribution in [3.63, 3.8) is 0 Å². The summed E-state index contributed by atoms with van der Waals surface area (Å²) >= 11 is 0. The fraction of sp³-hybridized carbons (Fsp3) is 0.350. The second kappa shape index (κ2) is 7.58. The summed E-state index contributed by atoms with van der Waals surface area (Å²) in [5, 5.41) is 0. The van der Waals surface area contributed by atoms with Gasteiger partial charge in [-0.15, -0.1) is 0 Å². The van der Waals surface area contributed by atoms with Crippen LogP contribution in [-0.4, -0.2) is 30.4 Å². The lowest BCUT2D eigenvalue weighted by atomic mass is 9.93. The van der Waals surface area contributed by atoms with E-state index in [0.29, 0.717) is 29.2 Å². The fourth-order valence-electron chi connectivity index (χ4n) is 3.48. The number of carbonyl (C=O) groups is 1. The summed E-state index contributed by atoms with van der Waals surface area (Å²) in [5.41, 5.74) is 7.35. The first-order valence-electron chi connectivity index (χ1n) is 8.54. The Morgan fingerprint density at radius 3 is 2.58 bits per heavy atom. The Bertz CT molecular complexity index is 714. The number of nitrogens with zero attached hydrogens (tertiary/aromatic N) is 1. The number of hydrogen-bond acceptors (Lipinski definition) is 2. The van der Waals surface area contributed by atoms with E-state index in [1.165, 1.54) is 6.07 Å². The van der Waals surface area contributed by atoms with E-state index in [-0.39, 0.29) is 11.7 Å². The van der Waals surface area contributed by atoms with E-state index < -0.39 is 0 Å². The molecule has 2 aromatic carbocycles. The molecule has 1 fully saturated rings. The van der Waals surface area contributed by atoms with Gasteiger partial charge >= 0.3 is 0 Å². The van der Waals surface area contributed by atoms with Gasteiger partial charge in [0.05, 0.1) is 0 Å². The molecule has 126 valence electrons. The molecule has 1 atom stereocenters. The van der Waals surface area contributed by atoms with Gasteiger partial charge < -0.3 is 10.6 Å². The zero-order chi connectivity index (χ0) is 16.9. The second-order valence-electron chi connectivity index (χ2n) is 6.36. The van der Waals surface area contributed by atoms with Gasteiger partial charge in [-0.05, 0) is 49.4 Å². The molecule has 4 heteroatoms. The third kappa shape index (κ3) is 3.49. The van der Waals surface area contributed by atoms with Gasteiger partial charge in [0.1, 0.15) is 5.82 Å². The normalized spacial score (nSPS) is 17.8. The van der Waals surface area contributed by atoms with Crippen molar-refractivity contribution in [1.82, 2.24) is 4.90 Å². The fourth-order valence-corrected chi connectivity index (χ4v) is 3.48. The number of piperidine rings is 1. The van der Waals surface area contributed by atoms with Crippen LogP contribution in [0.1, 0.15) is 29.6 Å². The Labute approximate surface area is 142 Å². The number of rotatable bonds is 4. The monoisotopic (exact) mass is 326 g/mol. The SMILES string of the molecule is NCCC1CCCN(C(=O)c2ccccc2-c2ccccc2F)C1. The maximum atomic E-state index is 14.2. The second-order valence-corrected chi connectivity index (χ2v) is 6.36. The van der Waals surface area contributed by atoms with Crippen LogP contribution >= 0.6 is 0 Å². The minimum absolute atomic E-state index is 0.0180. The van der Waals surface area contributed by atoms with Crippen LogP contribution in [0.15, 0.2) is 48.5 Å². The number of benzene rings is 2. The summed E-state index contributed by atoms with van der Waals surface area (Å²) in [5.74, 6) is 0.140. The Hall–Kier alpha value is -2.20. The number of nitrogens with two attached hydrogens (primary N) is 1. The van der Waals surface area contributed by atoms with Crippen molar-refractivity contribution < 1.29 is 9.18 Å². The highest BCUT2D eigenvalue weighted by atomic mass is 19.1. The van der Waals surface area contributed by atoms with Crippen molar-refractivity contribution in [3.8, 4) is 11.1 Å². The third-order valence-electron chi connectivity index (χ3n) is 4.70. The van der Waals surface area contributed by atoms with Crippen LogP contribution in [0.25, 0.3) is 11.1 Å². The van der Waals surface area contributed by atoms with Gasteiger partial charge in [-0.1, -0.05) is 36.4 Å². The van der Waals surface area contributed by atoms with Gasteiger partial charge in [0.25, 0.3) is 5.91 Å². The van der Waals surface area contributed by atoms with E-state index in [4.69, 9.17) is 5.73 Å². The molecular formula is C20H23FN2O. The molecule has 1 aliphatic rings. The van der Waals surface area contributed by atoms with Crippen LogP contribution in [0, 0.1) is 11.7 Å². The molecule has 1 amide bonds. The van der Waals surface area contributed by atoms with Crippen molar-refractivity contribution >= 4 is 5.91 Å². The number of hydrogen-bond donors (Lipinski definition) is 1. The number of likely N-dealkylation sites (tertiary alicyclic amines) is 1. The van der Waals surface area contributed by atoms with Gasteiger partial charge in [-0.25, -0.2) is 4.39 Å². The van der Waals surface area contributed by atoms with E-state index in [1.807, 2.05) is 23.1 Å². The third-order valence-corrected chi connectivity index (χ3v) is 4.70. The topological polar surface area (TPSA) is 46.3 Å². The van der Waals surface area contributed by atoms with Crippen LogP contribution in [0.2, 0.25) is 0 Å². The predicted octanol–water partition coefficient (Wildman–Crippen LogP) is 3.69. The molecule has 2 N–H and O–H groups in total.